The highest BCUT2D eigenvalue weighted by molar-refractivity contribution is 5.84. The van der Waals surface area contributed by atoms with E-state index in [9.17, 15) is 4.79 Å². The van der Waals surface area contributed by atoms with Crippen LogP contribution in [-0.4, -0.2) is 27.4 Å². The molecule has 146 valence electrons. The lowest BCUT2D eigenvalue weighted by molar-refractivity contribution is -0.119. The Bertz CT molecular complexity index is 669. The molecule has 0 aliphatic carbocycles. The Morgan fingerprint density at radius 1 is 1.27 bits per heavy atom. The number of anilines is 2. The van der Waals surface area contributed by atoms with Gasteiger partial charge in [-0.15, -0.1) is 0 Å². The monoisotopic (exact) mass is 362 g/mol. The molecule has 0 aliphatic heterocycles. The normalized spacial score (nSPS) is 10.8. The predicted molar refractivity (Wildman–Crippen MR) is 110 cm³/mol. The molecule has 0 fully saturated rings. The lowest BCUT2D eigenvalue weighted by Crippen LogP contribution is -2.25. The van der Waals surface area contributed by atoms with E-state index in [2.05, 4.69) is 34.1 Å². The summed E-state index contributed by atoms with van der Waals surface area (Å²) in [6.45, 7) is 12.7. The SMILES string of the molecule is CC.CCCCC(C)CNC(C)=O.Cc1cnc2c(N)nc(N)nc2c1. The summed E-state index contributed by atoms with van der Waals surface area (Å²) in [4.78, 5) is 22.5. The molecule has 0 aromatic carbocycles. The molecular formula is C19H34N6O. The number of amides is 1. The molecule has 0 saturated carbocycles. The fourth-order valence-electron chi connectivity index (χ4n) is 2.13. The van der Waals surface area contributed by atoms with Crippen molar-refractivity contribution in [3.05, 3.63) is 17.8 Å². The molecule has 2 aromatic heterocycles. The summed E-state index contributed by atoms with van der Waals surface area (Å²) < 4.78 is 0. The second-order valence-electron chi connectivity index (χ2n) is 6.03. The van der Waals surface area contributed by atoms with E-state index in [1.54, 1.807) is 13.1 Å². The van der Waals surface area contributed by atoms with Gasteiger partial charge in [-0.2, -0.15) is 4.98 Å². The molecule has 1 atom stereocenters. The van der Waals surface area contributed by atoms with Gasteiger partial charge in [-0.3, -0.25) is 9.78 Å². The molecule has 2 aromatic rings. The average molecular weight is 363 g/mol. The van der Waals surface area contributed by atoms with Crippen LogP contribution in [0.2, 0.25) is 0 Å². The number of rotatable bonds is 5. The van der Waals surface area contributed by atoms with Gasteiger partial charge in [-0.25, -0.2) is 4.98 Å². The van der Waals surface area contributed by atoms with Crippen LogP contribution < -0.4 is 16.8 Å². The number of unbranched alkanes of at least 4 members (excludes halogenated alkanes) is 1. The molecule has 1 amide bonds. The number of nitrogens with two attached hydrogens (primary N) is 2. The number of carbonyl (C=O) groups is 1. The first-order valence-electron chi connectivity index (χ1n) is 9.23. The summed E-state index contributed by atoms with van der Waals surface area (Å²) in [5.74, 6) is 1.20. The van der Waals surface area contributed by atoms with Crippen molar-refractivity contribution in [3.63, 3.8) is 0 Å². The van der Waals surface area contributed by atoms with E-state index in [1.165, 1.54) is 19.3 Å². The minimum Gasteiger partial charge on any atom is -0.382 e. The van der Waals surface area contributed by atoms with E-state index in [0.717, 1.165) is 12.1 Å². The van der Waals surface area contributed by atoms with E-state index in [4.69, 9.17) is 11.5 Å². The Labute approximate surface area is 157 Å². The highest BCUT2D eigenvalue weighted by atomic mass is 16.1. The fraction of sp³-hybridized carbons (Fsp3) is 0.579. The third-order valence-corrected chi connectivity index (χ3v) is 3.47. The minimum absolute atomic E-state index is 0.0772. The number of hydrogen-bond acceptors (Lipinski definition) is 6. The first-order valence-corrected chi connectivity index (χ1v) is 9.23. The van der Waals surface area contributed by atoms with Crippen LogP contribution in [0.3, 0.4) is 0 Å². The second-order valence-corrected chi connectivity index (χ2v) is 6.03. The largest absolute Gasteiger partial charge is 0.382 e. The van der Waals surface area contributed by atoms with Gasteiger partial charge in [0.15, 0.2) is 5.82 Å². The molecule has 7 nitrogen and oxygen atoms in total. The highest BCUT2D eigenvalue weighted by Crippen LogP contribution is 2.16. The molecule has 26 heavy (non-hydrogen) atoms. The number of nitrogens with zero attached hydrogens (tertiary/aromatic N) is 3. The molecular weight excluding hydrogens is 328 g/mol. The Morgan fingerprint density at radius 3 is 2.50 bits per heavy atom. The van der Waals surface area contributed by atoms with E-state index < -0.39 is 0 Å². The first kappa shape index (κ1) is 23.6. The molecule has 1 unspecified atom stereocenters. The van der Waals surface area contributed by atoms with Gasteiger partial charge < -0.3 is 16.8 Å². The van der Waals surface area contributed by atoms with Crippen LogP contribution in [0.4, 0.5) is 11.8 Å². The van der Waals surface area contributed by atoms with Gasteiger partial charge in [0.2, 0.25) is 11.9 Å². The highest BCUT2D eigenvalue weighted by Gasteiger charge is 2.03. The van der Waals surface area contributed by atoms with E-state index in [0.29, 0.717) is 22.8 Å². The fourth-order valence-corrected chi connectivity index (χ4v) is 2.13. The molecule has 7 heteroatoms. The third-order valence-electron chi connectivity index (χ3n) is 3.47. The van der Waals surface area contributed by atoms with E-state index in [-0.39, 0.29) is 11.9 Å². The molecule has 0 radical (unpaired) electrons. The van der Waals surface area contributed by atoms with Gasteiger partial charge in [0.25, 0.3) is 0 Å². The van der Waals surface area contributed by atoms with Gasteiger partial charge in [0, 0.05) is 19.7 Å². The molecule has 0 saturated heterocycles. The zero-order chi connectivity index (χ0) is 20.1. The summed E-state index contributed by atoms with van der Waals surface area (Å²) in [5.41, 5.74) is 13.4. The summed E-state index contributed by atoms with van der Waals surface area (Å²) >= 11 is 0. The Morgan fingerprint density at radius 2 is 1.92 bits per heavy atom. The van der Waals surface area contributed by atoms with Crippen molar-refractivity contribution in [2.45, 2.75) is 60.8 Å². The first-order chi connectivity index (χ1) is 12.3. The smallest absolute Gasteiger partial charge is 0.222 e. The van der Waals surface area contributed by atoms with Gasteiger partial charge in [0.05, 0.1) is 5.52 Å². The summed E-state index contributed by atoms with van der Waals surface area (Å²) in [6.07, 6.45) is 5.44. The van der Waals surface area contributed by atoms with Crippen molar-refractivity contribution < 1.29 is 4.79 Å². The van der Waals surface area contributed by atoms with Crippen LogP contribution >= 0.6 is 0 Å². The second kappa shape index (κ2) is 12.9. The molecule has 0 spiro atoms. The summed E-state index contributed by atoms with van der Waals surface area (Å²) in [7, 11) is 0. The Kier molecular flexibility index (Phi) is 11.6. The number of pyridine rings is 1. The van der Waals surface area contributed by atoms with Crippen LogP contribution in [0, 0.1) is 12.8 Å². The van der Waals surface area contributed by atoms with Crippen LogP contribution in [0.1, 0.15) is 59.4 Å². The number of nitrogens with one attached hydrogen (secondary N) is 1. The maximum Gasteiger partial charge on any atom is 0.222 e. The number of aromatic nitrogens is 3. The molecule has 0 bridgehead atoms. The maximum atomic E-state index is 10.5. The van der Waals surface area contributed by atoms with Crippen LogP contribution in [0.15, 0.2) is 12.3 Å². The topological polar surface area (TPSA) is 120 Å². The Balaban J connectivity index is 0.000000446. The van der Waals surface area contributed by atoms with Crippen LogP contribution in [0.5, 0.6) is 0 Å². The zero-order valence-corrected chi connectivity index (χ0v) is 17.0. The van der Waals surface area contributed by atoms with Gasteiger partial charge in [-0.05, 0) is 30.9 Å². The number of nitrogen functional groups attached to an aromatic ring is 2. The van der Waals surface area contributed by atoms with Crippen molar-refractivity contribution in [3.8, 4) is 0 Å². The standard InChI is InChI=1S/C9H19NO.C8H9N5.C2H6/c1-4-5-6-8(2)7-10-9(3)11;1-4-2-5-6(11-3-4)7(9)13-8(10)12-5;1-2/h8H,4-7H2,1-3H3,(H,10,11);2-3H,1H3,(H4,9,10,12,13);1-2H3. The van der Waals surface area contributed by atoms with E-state index in [1.807, 2.05) is 26.8 Å². The quantitative estimate of drug-likeness (QED) is 0.749. The molecule has 5 N–H and O–H groups in total. The Hall–Kier alpha value is -2.44. The van der Waals surface area contributed by atoms with Crippen molar-refractivity contribution in [2.24, 2.45) is 5.92 Å². The number of carbonyl (C=O) groups excluding carboxylic acids is 1. The van der Waals surface area contributed by atoms with Crippen LogP contribution in [-0.2, 0) is 4.79 Å². The van der Waals surface area contributed by atoms with Gasteiger partial charge in [-0.1, -0.05) is 40.5 Å². The zero-order valence-electron chi connectivity index (χ0n) is 17.0. The average Bonchev–Trinajstić information content (AvgIpc) is 2.59. The maximum absolute atomic E-state index is 10.5. The number of aryl methyl sites for hydroxylation is 1. The van der Waals surface area contributed by atoms with E-state index >= 15 is 0 Å². The third kappa shape index (κ3) is 9.15. The minimum atomic E-state index is 0.0772. The summed E-state index contributed by atoms with van der Waals surface area (Å²) in [5, 5.41) is 2.82. The van der Waals surface area contributed by atoms with Gasteiger partial charge >= 0.3 is 0 Å². The lowest BCUT2D eigenvalue weighted by atomic mass is 10.0. The predicted octanol–water partition coefficient (Wildman–Crippen LogP) is 3.47. The summed E-state index contributed by atoms with van der Waals surface area (Å²) in [6, 6.07) is 1.87. The van der Waals surface area contributed by atoms with Crippen molar-refractivity contribution >= 4 is 28.7 Å². The lowest BCUT2D eigenvalue weighted by Gasteiger charge is -2.10. The van der Waals surface area contributed by atoms with Crippen LogP contribution in [0.25, 0.3) is 11.0 Å². The molecule has 2 heterocycles. The van der Waals surface area contributed by atoms with Gasteiger partial charge in [0.1, 0.15) is 5.52 Å². The van der Waals surface area contributed by atoms with Crippen molar-refractivity contribution in [1.82, 2.24) is 20.3 Å². The number of hydrogen-bond donors (Lipinski definition) is 3. The molecule has 2 rings (SSSR count). The number of fused-ring (bicyclic) bond motifs is 1. The van der Waals surface area contributed by atoms with Crippen molar-refractivity contribution in [2.75, 3.05) is 18.0 Å². The van der Waals surface area contributed by atoms with Crippen molar-refractivity contribution in [1.29, 1.82) is 0 Å². The molecule has 0 aliphatic rings.